The molecule has 4 nitrogen and oxygen atoms in total. The summed E-state index contributed by atoms with van der Waals surface area (Å²) >= 11 is 1.35. The van der Waals surface area contributed by atoms with Crippen molar-refractivity contribution in [2.45, 2.75) is 39.1 Å². The van der Waals surface area contributed by atoms with Gasteiger partial charge in [-0.1, -0.05) is 48.0 Å². The summed E-state index contributed by atoms with van der Waals surface area (Å²) in [5, 5.41) is 2.78. The highest BCUT2D eigenvalue weighted by molar-refractivity contribution is 7.99. The summed E-state index contributed by atoms with van der Waals surface area (Å²) in [7, 11) is 0. The molecule has 6 heteroatoms. The maximum atomic E-state index is 13.8. The van der Waals surface area contributed by atoms with E-state index in [0.717, 1.165) is 11.1 Å². The minimum Gasteiger partial charge on any atom is -0.355 e. The van der Waals surface area contributed by atoms with Crippen molar-refractivity contribution in [1.29, 1.82) is 0 Å². The largest absolute Gasteiger partial charge is 0.355 e. The molecule has 0 saturated heterocycles. The van der Waals surface area contributed by atoms with E-state index in [1.165, 1.54) is 17.8 Å². The van der Waals surface area contributed by atoms with Crippen molar-refractivity contribution < 1.29 is 14.0 Å². The molecule has 2 amide bonds. The summed E-state index contributed by atoms with van der Waals surface area (Å²) in [6, 6.07) is 13.9. The molecule has 2 rings (SSSR count). The molecule has 0 fully saturated rings. The number of aryl methyl sites for hydroxylation is 1. The quantitative estimate of drug-likeness (QED) is 0.692. The van der Waals surface area contributed by atoms with Gasteiger partial charge in [0.2, 0.25) is 11.8 Å². The number of nitrogens with one attached hydrogen (secondary N) is 1. The van der Waals surface area contributed by atoms with Gasteiger partial charge in [-0.05, 0) is 38.0 Å². The molecule has 0 spiro atoms. The minimum absolute atomic E-state index is 0.137. The zero-order valence-electron chi connectivity index (χ0n) is 16.6. The van der Waals surface area contributed by atoms with Gasteiger partial charge in [0.15, 0.2) is 0 Å². The molecule has 1 atom stereocenters. The van der Waals surface area contributed by atoms with Crippen LogP contribution in [0.1, 0.15) is 30.5 Å². The van der Waals surface area contributed by atoms with Crippen LogP contribution in [0.3, 0.4) is 0 Å². The fraction of sp³-hybridized carbons (Fsp3) is 0.364. The monoisotopic (exact) mass is 402 g/mol. The molecule has 0 aliphatic rings. The first-order chi connectivity index (χ1) is 13.4. The van der Waals surface area contributed by atoms with Crippen LogP contribution in [0, 0.1) is 12.7 Å². The normalized spacial score (nSPS) is 11.7. The highest BCUT2D eigenvalue weighted by atomic mass is 32.2. The van der Waals surface area contributed by atoms with E-state index in [1.807, 2.05) is 38.1 Å². The summed E-state index contributed by atoms with van der Waals surface area (Å²) in [6.45, 7) is 6.45. The Balaban J connectivity index is 2.07. The van der Waals surface area contributed by atoms with Crippen LogP contribution in [0.4, 0.5) is 4.39 Å². The Hall–Kier alpha value is -2.34. The predicted molar refractivity (Wildman–Crippen MR) is 112 cm³/mol. The fourth-order valence-corrected chi connectivity index (χ4v) is 3.75. The maximum absolute atomic E-state index is 13.8. The number of benzene rings is 2. The molecule has 0 radical (unpaired) electrons. The average Bonchev–Trinajstić information content (AvgIpc) is 2.67. The number of amides is 2. The predicted octanol–water partition coefficient (Wildman–Crippen LogP) is 3.92. The molecule has 2 aromatic carbocycles. The molecule has 1 N–H and O–H groups in total. The van der Waals surface area contributed by atoms with Gasteiger partial charge in [-0.3, -0.25) is 9.59 Å². The molecule has 0 aliphatic carbocycles. The maximum Gasteiger partial charge on any atom is 0.242 e. The Morgan fingerprint density at radius 2 is 1.93 bits per heavy atom. The number of hydrogen-bond donors (Lipinski definition) is 1. The Morgan fingerprint density at radius 3 is 2.61 bits per heavy atom. The number of carbonyl (C=O) groups excluding carboxylic acids is 2. The van der Waals surface area contributed by atoms with Gasteiger partial charge in [-0.25, -0.2) is 4.39 Å². The van der Waals surface area contributed by atoms with Gasteiger partial charge in [0.05, 0.1) is 5.75 Å². The molecule has 0 bridgehead atoms. The van der Waals surface area contributed by atoms with Crippen molar-refractivity contribution in [3.05, 3.63) is 71.0 Å². The molecule has 0 heterocycles. The fourth-order valence-electron chi connectivity index (χ4n) is 2.86. The van der Waals surface area contributed by atoms with E-state index in [-0.39, 0.29) is 23.4 Å². The first-order valence-electron chi connectivity index (χ1n) is 9.36. The van der Waals surface area contributed by atoms with Crippen LogP contribution in [0.15, 0.2) is 48.5 Å². The zero-order chi connectivity index (χ0) is 20.5. The van der Waals surface area contributed by atoms with E-state index < -0.39 is 6.04 Å². The Kier molecular flexibility index (Phi) is 8.51. The van der Waals surface area contributed by atoms with Gasteiger partial charge in [-0.15, -0.1) is 11.8 Å². The molecule has 28 heavy (non-hydrogen) atoms. The third-order valence-electron chi connectivity index (χ3n) is 4.39. The van der Waals surface area contributed by atoms with Crippen molar-refractivity contribution in [3.63, 3.8) is 0 Å². The molecule has 0 aromatic heterocycles. The van der Waals surface area contributed by atoms with Crippen LogP contribution in [-0.4, -0.2) is 35.1 Å². The molecular weight excluding hydrogens is 375 g/mol. The van der Waals surface area contributed by atoms with Crippen LogP contribution in [-0.2, 0) is 21.9 Å². The van der Waals surface area contributed by atoms with Gasteiger partial charge in [0.1, 0.15) is 11.9 Å². The third-order valence-corrected chi connectivity index (χ3v) is 5.36. The minimum atomic E-state index is -0.581. The number of nitrogens with zero attached hydrogens (tertiary/aromatic N) is 1. The number of rotatable bonds is 9. The number of likely N-dealkylation sites (N-methyl/N-ethyl adjacent to an activating group) is 1. The first kappa shape index (κ1) is 22.0. The van der Waals surface area contributed by atoms with Crippen LogP contribution >= 0.6 is 11.8 Å². The van der Waals surface area contributed by atoms with Crippen LogP contribution in [0.2, 0.25) is 0 Å². The lowest BCUT2D eigenvalue weighted by molar-refractivity contribution is -0.138. The summed E-state index contributed by atoms with van der Waals surface area (Å²) < 4.78 is 13.8. The van der Waals surface area contributed by atoms with E-state index in [0.29, 0.717) is 24.4 Å². The van der Waals surface area contributed by atoms with E-state index >= 15 is 0 Å². The first-order valence-corrected chi connectivity index (χ1v) is 10.5. The summed E-state index contributed by atoms with van der Waals surface area (Å²) in [4.78, 5) is 26.8. The Morgan fingerprint density at radius 1 is 1.18 bits per heavy atom. The lowest BCUT2D eigenvalue weighted by atomic mass is 10.1. The van der Waals surface area contributed by atoms with E-state index in [2.05, 4.69) is 5.32 Å². The van der Waals surface area contributed by atoms with Crippen LogP contribution in [0.5, 0.6) is 0 Å². The Bertz CT molecular complexity index is 813. The van der Waals surface area contributed by atoms with Gasteiger partial charge in [0.25, 0.3) is 0 Å². The molecule has 0 aliphatic heterocycles. The topological polar surface area (TPSA) is 49.4 Å². The average molecular weight is 403 g/mol. The second-order valence-electron chi connectivity index (χ2n) is 6.67. The molecule has 1 unspecified atom stereocenters. The number of thioether (sulfide) groups is 1. The second-order valence-corrected chi connectivity index (χ2v) is 7.65. The molecule has 2 aromatic rings. The van der Waals surface area contributed by atoms with Gasteiger partial charge < -0.3 is 10.2 Å². The number of hydrogen-bond acceptors (Lipinski definition) is 3. The van der Waals surface area contributed by atoms with Gasteiger partial charge >= 0.3 is 0 Å². The van der Waals surface area contributed by atoms with Crippen LogP contribution in [0.25, 0.3) is 0 Å². The van der Waals surface area contributed by atoms with Crippen molar-refractivity contribution in [2.75, 3.05) is 12.3 Å². The summed E-state index contributed by atoms with van der Waals surface area (Å²) in [6.07, 6.45) is 0. The summed E-state index contributed by atoms with van der Waals surface area (Å²) in [5.41, 5.74) is 2.65. The van der Waals surface area contributed by atoms with Crippen molar-refractivity contribution in [1.82, 2.24) is 10.2 Å². The molecular formula is C22H27FN2O2S. The highest BCUT2D eigenvalue weighted by Crippen LogP contribution is 2.18. The molecule has 150 valence electrons. The Labute approximate surface area is 170 Å². The molecule has 0 saturated carbocycles. The second kappa shape index (κ2) is 10.9. The smallest absolute Gasteiger partial charge is 0.242 e. The van der Waals surface area contributed by atoms with Gasteiger partial charge in [0, 0.05) is 18.8 Å². The van der Waals surface area contributed by atoms with Crippen molar-refractivity contribution >= 4 is 23.6 Å². The summed E-state index contributed by atoms with van der Waals surface area (Å²) in [5.74, 6) is 0.00909. The standard InChI is InChI=1S/C22H27FN2O2S/c1-4-24-22(27)17(3)25(13-18-9-7-8-16(2)12-18)21(26)15-28-14-19-10-5-6-11-20(19)23/h5-12,17H,4,13-15H2,1-3H3,(H,24,27). The highest BCUT2D eigenvalue weighted by Gasteiger charge is 2.25. The van der Waals surface area contributed by atoms with Crippen molar-refractivity contribution in [3.8, 4) is 0 Å². The van der Waals surface area contributed by atoms with E-state index in [1.54, 1.807) is 30.0 Å². The lowest BCUT2D eigenvalue weighted by Gasteiger charge is -2.28. The lowest BCUT2D eigenvalue weighted by Crippen LogP contribution is -2.48. The van der Waals surface area contributed by atoms with Gasteiger partial charge in [-0.2, -0.15) is 0 Å². The number of carbonyl (C=O) groups is 2. The third kappa shape index (κ3) is 6.37. The van der Waals surface area contributed by atoms with Crippen LogP contribution < -0.4 is 5.32 Å². The SMILES string of the molecule is CCNC(=O)C(C)N(Cc1cccc(C)c1)C(=O)CSCc1ccccc1F. The van der Waals surface area contributed by atoms with Crippen molar-refractivity contribution in [2.24, 2.45) is 0 Å². The number of halogens is 1. The van der Waals surface area contributed by atoms with E-state index in [4.69, 9.17) is 0 Å². The zero-order valence-corrected chi connectivity index (χ0v) is 17.4. The van der Waals surface area contributed by atoms with E-state index in [9.17, 15) is 14.0 Å².